The Morgan fingerprint density at radius 3 is 2.55 bits per heavy atom. The highest BCUT2D eigenvalue weighted by atomic mass is 32.2. The smallest absolute Gasteiger partial charge is 0.254 e. The van der Waals surface area contributed by atoms with Crippen molar-refractivity contribution in [1.82, 2.24) is 15.0 Å². The van der Waals surface area contributed by atoms with Crippen LogP contribution in [0.4, 0.5) is 11.5 Å². The van der Waals surface area contributed by atoms with Crippen LogP contribution in [0.5, 0.6) is 5.75 Å². The van der Waals surface area contributed by atoms with Crippen molar-refractivity contribution in [3.8, 4) is 5.75 Å². The fraction of sp³-hybridized carbons (Fsp3) is 0.455. The van der Waals surface area contributed by atoms with Gasteiger partial charge in [-0.3, -0.25) is 14.4 Å². The van der Waals surface area contributed by atoms with Crippen LogP contribution in [0.15, 0.2) is 28.8 Å². The van der Waals surface area contributed by atoms with Gasteiger partial charge in [-0.25, -0.2) is 0 Å². The van der Waals surface area contributed by atoms with Crippen LogP contribution in [0, 0.1) is 6.92 Å². The molecule has 2 heterocycles. The summed E-state index contributed by atoms with van der Waals surface area (Å²) in [6.45, 7) is 6.40. The molecule has 1 atom stereocenters. The minimum atomic E-state index is -0.486. The molecular weight excluding hydrogens is 446 g/mol. The summed E-state index contributed by atoms with van der Waals surface area (Å²) in [6, 6.07) is 6.61. The van der Waals surface area contributed by atoms with E-state index in [0.29, 0.717) is 41.7 Å². The molecular formula is C22H29N5O5S. The second-order valence-electron chi connectivity index (χ2n) is 7.82. The van der Waals surface area contributed by atoms with E-state index < -0.39 is 5.25 Å². The predicted octanol–water partition coefficient (Wildman–Crippen LogP) is 2.08. The summed E-state index contributed by atoms with van der Waals surface area (Å²) in [4.78, 5) is 41.7. The van der Waals surface area contributed by atoms with Crippen LogP contribution in [0.1, 0.15) is 23.0 Å². The van der Waals surface area contributed by atoms with Gasteiger partial charge in [0, 0.05) is 37.8 Å². The zero-order valence-corrected chi connectivity index (χ0v) is 20.0. The number of carbonyl (C=O) groups excluding carboxylic acids is 3. The first-order chi connectivity index (χ1) is 15.8. The fourth-order valence-electron chi connectivity index (χ4n) is 3.25. The number of nitrogens with one attached hydrogen (secondary N) is 2. The summed E-state index contributed by atoms with van der Waals surface area (Å²) >= 11 is 1.18. The van der Waals surface area contributed by atoms with Crippen molar-refractivity contribution < 1.29 is 23.6 Å². The van der Waals surface area contributed by atoms with Gasteiger partial charge in [0.15, 0.2) is 5.82 Å². The van der Waals surface area contributed by atoms with Crippen molar-refractivity contribution in [3.05, 3.63) is 35.6 Å². The van der Waals surface area contributed by atoms with Crippen molar-refractivity contribution in [2.75, 3.05) is 56.7 Å². The number of aromatic nitrogens is 1. The van der Waals surface area contributed by atoms with Crippen molar-refractivity contribution in [2.45, 2.75) is 19.1 Å². The summed E-state index contributed by atoms with van der Waals surface area (Å²) in [5.41, 5.74) is 0.900. The molecule has 1 unspecified atom stereocenters. The third-order valence-electron chi connectivity index (χ3n) is 5.22. The summed E-state index contributed by atoms with van der Waals surface area (Å²) in [5.74, 6) is 0.761. The van der Waals surface area contributed by atoms with Gasteiger partial charge < -0.3 is 29.7 Å². The minimum absolute atomic E-state index is 0.0478. The monoisotopic (exact) mass is 475 g/mol. The molecule has 1 fully saturated rings. The van der Waals surface area contributed by atoms with E-state index in [1.54, 1.807) is 43.0 Å². The second kappa shape index (κ2) is 11.2. The molecule has 178 valence electrons. The Morgan fingerprint density at radius 1 is 1.18 bits per heavy atom. The van der Waals surface area contributed by atoms with Gasteiger partial charge in [0.25, 0.3) is 5.91 Å². The average molecular weight is 476 g/mol. The van der Waals surface area contributed by atoms with E-state index in [1.165, 1.54) is 18.9 Å². The van der Waals surface area contributed by atoms with Gasteiger partial charge in [-0.2, -0.15) is 0 Å². The topological polar surface area (TPSA) is 117 Å². The second-order valence-corrected chi connectivity index (χ2v) is 9.15. The van der Waals surface area contributed by atoms with Gasteiger partial charge in [-0.15, -0.1) is 11.8 Å². The van der Waals surface area contributed by atoms with Gasteiger partial charge in [0.2, 0.25) is 11.8 Å². The predicted molar refractivity (Wildman–Crippen MR) is 127 cm³/mol. The highest BCUT2D eigenvalue weighted by molar-refractivity contribution is 8.01. The largest absolute Gasteiger partial charge is 0.495 e. The molecule has 3 rings (SSSR count). The Balaban J connectivity index is 1.57. The quantitative estimate of drug-likeness (QED) is 0.596. The number of likely N-dealkylation sites (N-methyl/N-ethyl adjacent to an activating group) is 1. The van der Waals surface area contributed by atoms with Crippen LogP contribution in [0.25, 0.3) is 0 Å². The van der Waals surface area contributed by atoms with Crippen molar-refractivity contribution in [2.24, 2.45) is 0 Å². The first-order valence-corrected chi connectivity index (χ1v) is 11.6. The number of rotatable bonds is 8. The van der Waals surface area contributed by atoms with Gasteiger partial charge in [0.1, 0.15) is 11.5 Å². The molecule has 0 spiro atoms. The number of benzene rings is 1. The molecule has 1 aliphatic rings. The lowest BCUT2D eigenvalue weighted by atomic mass is 10.1. The normalized spacial score (nSPS) is 15.1. The van der Waals surface area contributed by atoms with Gasteiger partial charge in [-0.05, 0) is 39.1 Å². The summed E-state index contributed by atoms with van der Waals surface area (Å²) in [7, 11) is 3.53. The van der Waals surface area contributed by atoms with E-state index in [-0.39, 0.29) is 23.5 Å². The number of hydrogen-bond acceptors (Lipinski definition) is 8. The number of thioether (sulfide) groups is 1. The number of carbonyl (C=O) groups is 3. The number of aryl methyl sites for hydroxylation is 1. The lowest BCUT2D eigenvalue weighted by Gasteiger charge is -2.32. The molecule has 0 saturated carbocycles. The SMILES string of the molecule is COc1ccc(C(=O)N2CCN(C)CC2)cc1NC(=O)CSC(C)C(=O)Nc1cc(C)on1. The maximum atomic E-state index is 12.9. The van der Waals surface area contributed by atoms with Crippen LogP contribution < -0.4 is 15.4 Å². The molecule has 0 aliphatic carbocycles. The van der Waals surface area contributed by atoms with Gasteiger partial charge >= 0.3 is 0 Å². The Kier molecular flexibility index (Phi) is 8.34. The molecule has 0 bridgehead atoms. The summed E-state index contributed by atoms with van der Waals surface area (Å²) in [6.07, 6.45) is 0. The van der Waals surface area contributed by atoms with E-state index in [0.717, 1.165) is 13.1 Å². The molecule has 2 aromatic rings. The highest BCUT2D eigenvalue weighted by Gasteiger charge is 2.22. The van der Waals surface area contributed by atoms with Crippen molar-refractivity contribution in [3.63, 3.8) is 0 Å². The number of piperazine rings is 1. The third-order valence-corrected chi connectivity index (χ3v) is 6.37. The number of amides is 3. The van der Waals surface area contributed by atoms with Crippen LogP contribution in [0.3, 0.4) is 0 Å². The maximum absolute atomic E-state index is 12.9. The lowest BCUT2D eigenvalue weighted by molar-refractivity contribution is -0.115. The van der Waals surface area contributed by atoms with E-state index in [2.05, 4.69) is 20.7 Å². The minimum Gasteiger partial charge on any atom is -0.495 e. The third kappa shape index (κ3) is 6.72. The summed E-state index contributed by atoms with van der Waals surface area (Å²) < 4.78 is 10.3. The first-order valence-electron chi connectivity index (χ1n) is 10.6. The Morgan fingerprint density at radius 2 is 1.91 bits per heavy atom. The Labute approximate surface area is 197 Å². The summed E-state index contributed by atoms with van der Waals surface area (Å²) in [5, 5.41) is 8.68. The number of hydrogen-bond donors (Lipinski definition) is 2. The Hall–Kier alpha value is -3.05. The van der Waals surface area contributed by atoms with Gasteiger partial charge in [-0.1, -0.05) is 5.16 Å². The number of ether oxygens (including phenoxy) is 1. The molecule has 10 nitrogen and oxygen atoms in total. The van der Waals surface area contributed by atoms with Crippen LogP contribution in [0.2, 0.25) is 0 Å². The average Bonchev–Trinajstić information content (AvgIpc) is 3.21. The molecule has 1 aromatic heterocycles. The van der Waals surface area contributed by atoms with E-state index in [9.17, 15) is 14.4 Å². The molecule has 0 radical (unpaired) electrons. The number of nitrogens with zero attached hydrogens (tertiary/aromatic N) is 3. The number of anilines is 2. The lowest BCUT2D eigenvalue weighted by Crippen LogP contribution is -2.47. The molecule has 2 N–H and O–H groups in total. The Bertz CT molecular complexity index is 1000. The number of methoxy groups -OCH3 is 1. The van der Waals surface area contributed by atoms with Crippen molar-refractivity contribution >= 4 is 41.0 Å². The zero-order chi connectivity index (χ0) is 24.0. The standard InChI is InChI=1S/C22H29N5O5S/c1-14-11-19(25-32-14)24-21(29)15(2)33-13-20(28)23-17-12-16(5-6-18(17)31-4)22(30)27-9-7-26(3)8-10-27/h5-6,11-12,15H,7-10,13H2,1-4H3,(H,23,28)(H,24,25,29). The molecule has 1 saturated heterocycles. The van der Waals surface area contributed by atoms with Crippen molar-refractivity contribution in [1.29, 1.82) is 0 Å². The first kappa shape index (κ1) is 24.6. The van der Waals surface area contributed by atoms with Crippen LogP contribution in [-0.4, -0.2) is 84.0 Å². The zero-order valence-electron chi connectivity index (χ0n) is 19.2. The maximum Gasteiger partial charge on any atom is 0.254 e. The highest BCUT2D eigenvalue weighted by Crippen LogP contribution is 2.27. The van der Waals surface area contributed by atoms with E-state index in [1.807, 2.05) is 7.05 Å². The molecule has 1 aromatic carbocycles. The fourth-order valence-corrected chi connectivity index (χ4v) is 3.93. The molecule has 11 heteroatoms. The molecule has 3 amide bonds. The molecule has 33 heavy (non-hydrogen) atoms. The van der Waals surface area contributed by atoms with E-state index in [4.69, 9.17) is 9.26 Å². The van der Waals surface area contributed by atoms with E-state index >= 15 is 0 Å². The van der Waals surface area contributed by atoms with Gasteiger partial charge in [0.05, 0.1) is 23.8 Å². The van der Waals surface area contributed by atoms with Crippen LogP contribution in [-0.2, 0) is 9.59 Å². The molecule has 1 aliphatic heterocycles. The van der Waals surface area contributed by atoms with Crippen LogP contribution >= 0.6 is 11.8 Å².